The van der Waals surface area contributed by atoms with Crippen LogP contribution in [0.25, 0.3) is 0 Å². The summed E-state index contributed by atoms with van der Waals surface area (Å²) in [6.45, 7) is 1.22. The van der Waals surface area contributed by atoms with Crippen LogP contribution in [0, 0.1) is 0 Å². The van der Waals surface area contributed by atoms with Crippen molar-refractivity contribution in [3.63, 3.8) is 0 Å². The van der Waals surface area contributed by atoms with Crippen LogP contribution in [0.3, 0.4) is 0 Å². The highest BCUT2D eigenvalue weighted by Gasteiger charge is 2.30. The number of pyridine rings is 1. The third-order valence-corrected chi connectivity index (χ3v) is 4.67. The zero-order valence-electron chi connectivity index (χ0n) is 15.1. The van der Waals surface area contributed by atoms with Crippen molar-refractivity contribution in [2.45, 2.75) is 25.0 Å². The largest absolute Gasteiger partial charge is 0.475 e. The Morgan fingerprint density at radius 1 is 1.26 bits per heavy atom. The highest BCUT2D eigenvalue weighted by atomic mass is 35.5. The Kier molecular flexibility index (Phi) is 7.00. The normalized spacial score (nSPS) is 19.0. The number of aromatic nitrogens is 1. The van der Waals surface area contributed by atoms with E-state index in [-0.39, 0.29) is 18.0 Å². The van der Waals surface area contributed by atoms with E-state index < -0.39 is 0 Å². The van der Waals surface area contributed by atoms with Gasteiger partial charge < -0.3 is 14.8 Å². The van der Waals surface area contributed by atoms with Crippen LogP contribution in [-0.2, 0) is 16.1 Å². The predicted molar refractivity (Wildman–Crippen MR) is 102 cm³/mol. The van der Waals surface area contributed by atoms with Crippen LogP contribution >= 0.6 is 11.6 Å². The van der Waals surface area contributed by atoms with Gasteiger partial charge in [0.25, 0.3) is 0 Å². The first-order valence-electron chi connectivity index (χ1n) is 8.78. The van der Waals surface area contributed by atoms with Gasteiger partial charge in [-0.3, -0.25) is 4.79 Å². The van der Waals surface area contributed by atoms with E-state index in [1.807, 2.05) is 36.4 Å². The fourth-order valence-corrected chi connectivity index (χ4v) is 3.17. The lowest BCUT2D eigenvalue weighted by Gasteiger charge is -2.13. The molecule has 7 nitrogen and oxygen atoms in total. The molecule has 8 heteroatoms. The first kappa shape index (κ1) is 19.6. The summed E-state index contributed by atoms with van der Waals surface area (Å²) in [5, 5.41) is 3.62. The van der Waals surface area contributed by atoms with Crippen LogP contribution in [0.1, 0.15) is 23.6 Å². The zero-order chi connectivity index (χ0) is 19.1. The number of methoxy groups -OCH3 is 1. The molecule has 0 saturated carbocycles. The van der Waals surface area contributed by atoms with Gasteiger partial charge >= 0.3 is 0 Å². The number of hydrogen-bond donors (Lipinski definition) is 3. The third-order valence-electron chi connectivity index (χ3n) is 4.33. The third kappa shape index (κ3) is 5.17. The first-order chi connectivity index (χ1) is 13.2. The molecule has 0 spiro atoms. The van der Waals surface area contributed by atoms with Crippen LogP contribution in [0.4, 0.5) is 0 Å². The number of nitrogens with one attached hydrogen (secondary N) is 3. The summed E-state index contributed by atoms with van der Waals surface area (Å²) < 4.78 is 10.6. The number of hydrogen-bond acceptors (Lipinski definition) is 6. The van der Waals surface area contributed by atoms with Crippen LogP contribution in [0.2, 0.25) is 5.02 Å². The molecule has 0 bridgehead atoms. The summed E-state index contributed by atoms with van der Waals surface area (Å²) in [5.41, 5.74) is 7.97. The van der Waals surface area contributed by atoms with Gasteiger partial charge in [-0.1, -0.05) is 35.9 Å². The van der Waals surface area contributed by atoms with Crippen molar-refractivity contribution >= 4 is 17.5 Å². The molecule has 1 aliphatic heterocycles. The molecule has 3 N–H and O–H groups in total. The molecule has 2 atom stereocenters. The Labute approximate surface area is 163 Å². The van der Waals surface area contributed by atoms with Crippen molar-refractivity contribution in [1.29, 1.82) is 0 Å². The smallest absolute Gasteiger partial charge is 0.238 e. The SMILES string of the molecule is COCCOc1ncccc1CNC(=O)C1CC(c2ccccc2Cl)NN1. The van der Waals surface area contributed by atoms with E-state index in [0.717, 1.165) is 11.1 Å². The first-order valence-corrected chi connectivity index (χ1v) is 9.15. The minimum absolute atomic E-state index is 0.0132. The lowest BCUT2D eigenvalue weighted by atomic mass is 10.0. The average molecular weight is 391 g/mol. The van der Waals surface area contributed by atoms with Crippen molar-refractivity contribution in [2.75, 3.05) is 20.3 Å². The number of nitrogens with zero attached hydrogens (tertiary/aromatic N) is 1. The number of ether oxygens (including phenoxy) is 2. The quantitative estimate of drug-likeness (QED) is 0.598. The molecule has 0 radical (unpaired) electrons. The zero-order valence-corrected chi connectivity index (χ0v) is 15.8. The maximum Gasteiger partial charge on any atom is 0.238 e. The minimum atomic E-state index is -0.346. The molecule has 1 amide bonds. The Bertz CT molecular complexity index is 774. The molecule has 0 aliphatic carbocycles. The van der Waals surface area contributed by atoms with Crippen molar-refractivity contribution < 1.29 is 14.3 Å². The molecular formula is C19H23ClN4O3. The Hall–Kier alpha value is -2.19. The Morgan fingerprint density at radius 3 is 2.93 bits per heavy atom. The van der Waals surface area contributed by atoms with Crippen molar-refractivity contribution in [3.05, 3.63) is 58.7 Å². The molecule has 3 rings (SSSR count). The lowest BCUT2D eigenvalue weighted by molar-refractivity contribution is -0.123. The highest BCUT2D eigenvalue weighted by Crippen LogP contribution is 2.28. The summed E-state index contributed by atoms with van der Waals surface area (Å²) in [4.78, 5) is 16.7. The molecule has 1 aromatic heterocycles. The van der Waals surface area contributed by atoms with Gasteiger partial charge in [-0.2, -0.15) is 0 Å². The van der Waals surface area contributed by atoms with Crippen LogP contribution in [0.15, 0.2) is 42.6 Å². The lowest BCUT2D eigenvalue weighted by Crippen LogP contribution is -2.42. The van der Waals surface area contributed by atoms with E-state index in [1.165, 1.54) is 0 Å². The number of rotatable bonds is 8. The highest BCUT2D eigenvalue weighted by molar-refractivity contribution is 6.31. The van der Waals surface area contributed by atoms with Gasteiger partial charge in [-0.15, -0.1) is 0 Å². The molecule has 1 saturated heterocycles. The van der Waals surface area contributed by atoms with Crippen molar-refractivity contribution in [1.82, 2.24) is 21.2 Å². The standard InChI is InChI=1S/C19H23ClN4O3/c1-26-9-10-27-19-13(5-4-8-21-19)12-22-18(25)17-11-16(23-24-17)14-6-2-3-7-15(14)20/h2-8,16-17,23-24H,9-12H2,1H3,(H,22,25). The van der Waals surface area contributed by atoms with Gasteiger partial charge in [0.2, 0.25) is 11.8 Å². The molecular weight excluding hydrogens is 368 g/mol. The molecule has 1 fully saturated rings. The van der Waals surface area contributed by atoms with E-state index in [2.05, 4.69) is 21.2 Å². The second-order valence-electron chi connectivity index (χ2n) is 6.18. The maximum atomic E-state index is 12.5. The molecule has 1 aliphatic rings. The van der Waals surface area contributed by atoms with E-state index >= 15 is 0 Å². The molecule has 2 aromatic rings. The molecule has 1 aromatic carbocycles. The maximum absolute atomic E-state index is 12.5. The molecule has 27 heavy (non-hydrogen) atoms. The summed E-state index contributed by atoms with van der Waals surface area (Å²) in [5.74, 6) is 0.407. The second-order valence-corrected chi connectivity index (χ2v) is 6.59. The molecule has 144 valence electrons. The van der Waals surface area contributed by atoms with Gasteiger partial charge in [0, 0.05) is 36.5 Å². The van der Waals surface area contributed by atoms with Crippen LogP contribution in [-0.4, -0.2) is 37.3 Å². The number of carbonyl (C=O) groups is 1. The minimum Gasteiger partial charge on any atom is -0.475 e. The van der Waals surface area contributed by atoms with Gasteiger partial charge in [-0.25, -0.2) is 15.8 Å². The number of benzene rings is 1. The fourth-order valence-electron chi connectivity index (χ4n) is 2.91. The van der Waals surface area contributed by atoms with Crippen LogP contribution in [0.5, 0.6) is 5.88 Å². The van der Waals surface area contributed by atoms with E-state index in [9.17, 15) is 4.79 Å². The topological polar surface area (TPSA) is 84.5 Å². The van der Waals surface area contributed by atoms with Gasteiger partial charge in [-0.05, 0) is 24.1 Å². The molecule has 2 heterocycles. The van der Waals surface area contributed by atoms with Crippen LogP contribution < -0.4 is 20.9 Å². The second kappa shape index (κ2) is 9.66. The fraction of sp³-hybridized carbons (Fsp3) is 0.368. The van der Waals surface area contributed by atoms with Gasteiger partial charge in [0.05, 0.1) is 6.61 Å². The van der Waals surface area contributed by atoms with Crippen molar-refractivity contribution in [3.8, 4) is 5.88 Å². The molecule has 2 unspecified atom stereocenters. The summed E-state index contributed by atoms with van der Waals surface area (Å²) in [6, 6.07) is 11.0. The number of hydrazine groups is 1. The van der Waals surface area contributed by atoms with Gasteiger partial charge in [0.15, 0.2) is 0 Å². The number of carbonyl (C=O) groups excluding carboxylic acids is 1. The number of amides is 1. The monoisotopic (exact) mass is 390 g/mol. The van der Waals surface area contributed by atoms with E-state index in [1.54, 1.807) is 13.3 Å². The Balaban J connectivity index is 1.54. The number of halogens is 1. The van der Waals surface area contributed by atoms with Crippen molar-refractivity contribution in [2.24, 2.45) is 0 Å². The van der Waals surface area contributed by atoms with E-state index in [0.29, 0.717) is 37.1 Å². The Morgan fingerprint density at radius 2 is 2.11 bits per heavy atom. The summed E-state index contributed by atoms with van der Waals surface area (Å²) in [7, 11) is 1.61. The van der Waals surface area contributed by atoms with E-state index in [4.69, 9.17) is 21.1 Å². The van der Waals surface area contributed by atoms with Gasteiger partial charge in [0.1, 0.15) is 12.6 Å². The predicted octanol–water partition coefficient (Wildman–Crippen LogP) is 1.98. The summed E-state index contributed by atoms with van der Waals surface area (Å²) >= 11 is 6.24. The average Bonchev–Trinajstić information content (AvgIpc) is 3.17. The summed E-state index contributed by atoms with van der Waals surface area (Å²) in [6.07, 6.45) is 2.27.